The fourth-order valence-corrected chi connectivity index (χ4v) is 4.32. The number of carbonyl (C=O) groups excluding carboxylic acids is 1. The molecule has 114 valence electrons. The number of benzene rings is 1. The Balaban J connectivity index is 1.80. The summed E-state index contributed by atoms with van der Waals surface area (Å²) in [7, 11) is 0. The SMILES string of the molecule is CC(C)c1ccc(C2NCC(=O)N2C2CCSCC2)cc1. The second-order valence-corrected chi connectivity index (χ2v) is 7.47. The molecule has 0 bridgehead atoms. The number of carbonyl (C=O) groups is 1. The molecule has 0 aliphatic carbocycles. The first-order valence-electron chi connectivity index (χ1n) is 7.89. The minimum atomic E-state index is 0.0619. The fraction of sp³-hybridized carbons (Fsp3) is 0.588. The lowest BCUT2D eigenvalue weighted by Crippen LogP contribution is -2.41. The van der Waals surface area contributed by atoms with Crippen molar-refractivity contribution in [3.63, 3.8) is 0 Å². The normalized spacial score (nSPS) is 24.0. The number of hydrogen-bond donors (Lipinski definition) is 1. The first-order valence-corrected chi connectivity index (χ1v) is 9.04. The predicted octanol–water partition coefficient (Wildman–Crippen LogP) is 3.14. The van der Waals surface area contributed by atoms with Gasteiger partial charge in [0.25, 0.3) is 0 Å². The number of hydrogen-bond acceptors (Lipinski definition) is 3. The van der Waals surface area contributed by atoms with Gasteiger partial charge in [0.15, 0.2) is 0 Å². The lowest BCUT2D eigenvalue weighted by atomic mass is 10.00. The standard InChI is InChI=1S/C17H24N2OS/c1-12(2)13-3-5-14(6-4-13)17-18-11-16(20)19(17)15-7-9-21-10-8-15/h3-6,12,15,17-18H,7-11H2,1-2H3. The maximum absolute atomic E-state index is 12.3. The highest BCUT2D eigenvalue weighted by molar-refractivity contribution is 7.99. The molecular formula is C17H24N2OS. The van der Waals surface area contributed by atoms with Crippen molar-refractivity contribution >= 4 is 17.7 Å². The van der Waals surface area contributed by atoms with E-state index in [-0.39, 0.29) is 12.1 Å². The summed E-state index contributed by atoms with van der Waals surface area (Å²) in [5.41, 5.74) is 2.56. The van der Waals surface area contributed by atoms with E-state index in [0.29, 0.717) is 18.5 Å². The molecule has 1 aromatic rings. The Morgan fingerprint density at radius 2 is 1.86 bits per heavy atom. The summed E-state index contributed by atoms with van der Waals surface area (Å²) in [6, 6.07) is 9.15. The highest BCUT2D eigenvalue weighted by Gasteiger charge is 2.37. The van der Waals surface area contributed by atoms with Crippen LogP contribution in [0, 0.1) is 0 Å². The number of nitrogens with one attached hydrogen (secondary N) is 1. The first kappa shape index (κ1) is 14.9. The summed E-state index contributed by atoms with van der Waals surface area (Å²) in [4.78, 5) is 14.4. The Morgan fingerprint density at radius 1 is 1.19 bits per heavy atom. The number of nitrogens with zero attached hydrogens (tertiary/aromatic N) is 1. The first-order chi connectivity index (χ1) is 10.2. The van der Waals surface area contributed by atoms with Crippen molar-refractivity contribution in [1.82, 2.24) is 10.2 Å². The van der Waals surface area contributed by atoms with Crippen molar-refractivity contribution in [1.29, 1.82) is 0 Å². The van der Waals surface area contributed by atoms with Gasteiger partial charge in [0, 0.05) is 6.04 Å². The Labute approximate surface area is 131 Å². The fourth-order valence-electron chi connectivity index (χ4n) is 3.24. The van der Waals surface area contributed by atoms with Crippen LogP contribution in [0.1, 0.15) is 49.9 Å². The van der Waals surface area contributed by atoms with Gasteiger partial charge < -0.3 is 4.90 Å². The van der Waals surface area contributed by atoms with Gasteiger partial charge in [0.05, 0.1) is 6.54 Å². The van der Waals surface area contributed by atoms with Crippen molar-refractivity contribution in [2.24, 2.45) is 0 Å². The summed E-state index contributed by atoms with van der Waals surface area (Å²) in [5, 5.41) is 3.39. The van der Waals surface area contributed by atoms with Gasteiger partial charge in [-0.05, 0) is 41.4 Å². The smallest absolute Gasteiger partial charge is 0.238 e. The molecule has 1 atom stereocenters. The summed E-state index contributed by atoms with van der Waals surface area (Å²) in [5.74, 6) is 3.15. The van der Waals surface area contributed by atoms with Crippen LogP contribution in [0.25, 0.3) is 0 Å². The van der Waals surface area contributed by atoms with Gasteiger partial charge >= 0.3 is 0 Å². The van der Waals surface area contributed by atoms with Crippen molar-refractivity contribution in [3.05, 3.63) is 35.4 Å². The average Bonchev–Trinajstić information content (AvgIpc) is 2.90. The van der Waals surface area contributed by atoms with Gasteiger partial charge in [-0.25, -0.2) is 0 Å². The zero-order chi connectivity index (χ0) is 14.8. The minimum absolute atomic E-state index is 0.0619. The van der Waals surface area contributed by atoms with E-state index in [0.717, 1.165) is 12.8 Å². The Morgan fingerprint density at radius 3 is 2.48 bits per heavy atom. The van der Waals surface area contributed by atoms with Gasteiger partial charge in [-0.3, -0.25) is 10.1 Å². The van der Waals surface area contributed by atoms with Crippen LogP contribution < -0.4 is 5.32 Å². The second kappa shape index (κ2) is 6.41. The molecule has 1 aromatic carbocycles. The highest BCUT2D eigenvalue weighted by Crippen LogP contribution is 2.31. The third-order valence-electron chi connectivity index (χ3n) is 4.52. The van der Waals surface area contributed by atoms with Gasteiger partial charge in [-0.1, -0.05) is 38.1 Å². The summed E-state index contributed by atoms with van der Waals surface area (Å²) in [6.45, 7) is 4.89. The summed E-state index contributed by atoms with van der Waals surface area (Å²) in [6.07, 6.45) is 2.31. The molecule has 0 saturated carbocycles. The molecule has 2 fully saturated rings. The topological polar surface area (TPSA) is 32.3 Å². The van der Waals surface area contributed by atoms with Crippen LogP contribution in [0.5, 0.6) is 0 Å². The van der Waals surface area contributed by atoms with Gasteiger partial charge in [0.2, 0.25) is 5.91 Å². The van der Waals surface area contributed by atoms with Gasteiger partial charge in [-0.15, -0.1) is 0 Å². The average molecular weight is 304 g/mol. The molecule has 3 rings (SSSR count). The molecule has 2 saturated heterocycles. The lowest BCUT2D eigenvalue weighted by Gasteiger charge is -2.35. The van der Waals surface area contributed by atoms with Crippen LogP contribution >= 0.6 is 11.8 Å². The Hall–Kier alpha value is -1.00. The van der Waals surface area contributed by atoms with Crippen molar-refractivity contribution < 1.29 is 4.79 Å². The monoisotopic (exact) mass is 304 g/mol. The zero-order valence-electron chi connectivity index (χ0n) is 12.8. The van der Waals surface area contributed by atoms with E-state index >= 15 is 0 Å². The van der Waals surface area contributed by atoms with Crippen LogP contribution in [-0.4, -0.2) is 34.9 Å². The maximum Gasteiger partial charge on any atom is 0.238 e. The highest BCUT2D eigenvalue weighted by atomic mass is 32.2. The molecule has 0 aromatic heterocycles. The molecule has 4 heteroatoms. The van der Waals surface area contributed by atoms with Crippen LogP contribution in [0.2, 0.25) is 0 Å². The second-order valence-electron chi connectivity index (χ2n) is 6.25. The number of thioether (sulfide) groups is 1. The van der Waals surface area contributed by atoms with E-state index in [4.69, 9.17) is 0 Å². The van der Waals surface area contributed by atoms with E-state index in [1.807, 2.05) is 11.8 Å². The quantitative estimate of drug-likeness (QED) is 0.931. The predicted molar refractivity (Wildman–Crippen MR) is 88.5 cm³/mol. The molecule has 2 aliphatic heterocycles. The van der Waals surface area contributed by atoms with Crippen molar-refractivity contribution in [3.8, 4) is 0 Å². The Kier molecular flexibility index (Phi) is 4.55. The number of rotatable bonds is 3. The lowest BCUT2D eigenvalue weighted by molar-refractivity contribution is -0.130. The van der Waals surface area contributed by atoms with Gasteiger partial charge in [-0.2, -0.15) is 11.8 Å². The minimum Gasteiger partial charge on any atom is -0.319 e. The van der Waals surface area contributed by atoms with E-state index in [2.05, 4.69) is 48.3 Å². The molecular weight excluding hydrogens is 280 g/mol. The molecule has 1 N–H and O–H groups in total. The van der Waals surface area contributed by atoms with Crippen molar-refractivity contribution in [2.45, 2.75) is 44.8 Å². The third kappa shape index (κ3) is 3.11. The van der Waals surface area contributed by atoms with Crippen LogP contribution in [-0.2, 0) is 4.79 Å². The number of amides is 1. The molecule has 0 spiro atoms. The zero-order valence-corrected chi connectivity index (χ0v) is 13.7. The van der Waals surface area contributed by atoms with Crippen molar-refractivity contribution in [2.75, 3.05) is 18.1 Å². The van der Waals surface area contributed by atoms with E-state index in [1.165, 1.54) is 22.6 Å². The summed E-state index contributed by atoms with van der Waals surface area (Å²) >= 11 is 2.00. The molecule has 1 unspecified atom stereocenters. The largest absolute Gasteiger partial charge is 0.319 e. The van der Waals surface area contributed by atoms with E-state index < -0.39 is 0 Å². The van der Waals surface area contributed by atoms with Gasteiger partial charge in [0.1, 0.15) is 6.17 Å². The molecule has 2 heterocycles. The maximum atomic E-state index is 12.3. The third-order valence-corrected chi connectivity index (χ3v) is 5.56. The molecule has 3 nitrogen and oxygen atoms in total. The molecule has 1 amide bonds. The van der Waals surface area contributed by atoms with Crippen LogP contribution in [0.4, 0.5) is 0 Å². The molecule has 0 radical (unpaired) electrons. The molecule has 21 heavy (non-hydrogen) atoms. The van der Waals surface area contributed by atoms with Crippen LogP contribution in [0.3, 0.4) is 0 Å². The molecule has 2 aliphatic rings. The van der Waals surface area contributed by atoms with Crippen LogP contribution in [0.15, 0.2) is 24.3 Å². The van der Waals surface area contributed by atoms with E-state index in [1.54, 1.807) is 0 Å². The summed E-state index contributed by atoms with van der Waals surface area (Å²) < 4.78 is 0. The Bertz CT molecular complexity index is 494. The van der Waals surface area contributed by atoms with E-state index in [9.17, 15) is 4.79 Å².